The van der Waals surface area contributed by atoms with Gasteiger partial charge in [-0.25, -0.2) is 16.8 Å². The van der Waals surface area contributed by atoms with Crippen molar-refractivity contribution in [2.45, 2.75) is 17.0 Å². The van der Waals surface area contributed by atoms with Crippen LogP contribution in [0.15, 0.2) is 29.2 Å². The van der Waals surface area contributed by atoms with Gasteiger partial charge in [0.25, 0.3) is 0 Å². The van der Waals surface area contributed by atoms with Crippen molar-refractivity contribution in [2.75, 3.05) is 25.7 Å². The predicted molar refractivity (Wildman–Crippen MR) is 76.4 cm³/mol. The van der Waals surface area contributed by atoms with Gasteiger partial charge in [0.2, 0.25) is 10.0 Å². The number of hydrogen-bond acceptors (Lipinski definition) is 6. The zero-order valence-corrected chi connectivity index (χ0v) is 13.3. The van der Waals surface area contributed by atoms with Crippen LogP contribution in [0.5, 0.6) is 5.75 Å². The van der Waals surface area contributed by atoms with Gasteiger partial charge in [-0.05, 0) is 24.3 Å². The van der Waals surface area contributed by atoms with Gasteiger partial charge in [0.1, 0.15) is 5.75 Å². The molecule has 9 heteroatoms. The molecule has 1 N–H and O–H groups in total. The smallest absolute Gasteiger partial charge is 0.243 e. The number of sulfone groups is 1. The maximum atomic E-state index is 12.5. The first-order chi connectivity index (χ1) is 9.67. The molecule has 1 aliphatic heterocycles. The van der Waals surface area contributed by atoms with Gasteiger partial charge < -0.3 is 9.84 Å². The monoisotopic (exact) mass is 335 g/mol. The Labute approximate surface area is 124 Å². The molecule has 0 amide bonds. The van der Waals surface area contributed by atoms with Gasteiger partial charge in [-0.15, -0.1) is 0 Å². The summed E-state index contributed by atoms with van der Waals surface area (Å²) in [6.07, 6.45) is -1.21. The number of rotatable bonds is 4. The van der Waals surface area contributed by atoms with Crippen molar-refractivity contribution in [3.05, 3.63) is 24.3 Å². The quantitative estimate of drug-likeness (QED) is 0.794. The van der Waals surface area contributed by atoms with E-state index in [4.69, 9.17) is 4.74 Å². The van der Waals surface area contributed by atoms with Gasteiger partial charge in [-0.2, -0.15) is 4.31 Å². The van der Waals surface area contributed by atoms with Gasteiger partial charge in [0.15, 0.2) is 9.84 Å². The number of likely N-dealkylation sites (N-methyl/N-ethyl adjacent to an activating group) is 1. The van der Waals surface area contributed by atoms with E-state index in [1.165, 1.54) is 38.4 Å². The molecule has 1 fully saturated rings. The lowest BCUT2D eigenvalue weighted by molar-refractivity contribution is 0.137. The second-order valence-electron chi connectivity index (χ2n) is 4.91. The summed E-state index contributed by atoms with van der Waals surface area (Å²) in [6, 6.07) is 4.79. The van der Waals surface area contributed by atoms with E-state index < -0.39 is 37.8 Å². The average molecular weight is 335 g/mol. The van der Waals surface area contributed by atoms with Gasteiger partial charge in [-0.1, -0.05) is 0 Å². The highest BCUT2D eigenvalue weighted by Gasteiger charge is 2.42. The van der Waals surface area contributed by atoms with E-state index in [0.717, 1.165) is 4.31 Å². The molecule has 0 aliphatic carbocycles. The molecular weight excluding hydrogens is 318 g/mol. The number of ether oxygens (including phenoxy) is 1. The summed E-state index contributed by atoms with van der Waals surface area (Å²) >= 11 is 0. The Morgan fingerprint density at radius 1 is 1.24 bits per heavy atom. The zero-order valence-electron chi connectivity index (χ0n) is 11.6. The minimum absolute atomic E-state index is 0.0160. The number of aliphatic hydroxyl groups is 1. The van der Waals surface area contributed by atoms with Crippen LogP contribution in [0.2, 0.25) is 0 Å². The highest BCUT2D eigenvalue weighted by atomic mass is 32.2. The minimum atomic E-state index is -3.88. The summed E-state index contributed by atoms with van der Waals surface area (Å²) in [4.78, 5) is 0.0160. The van der Waals surface area contributed by atoms with Gasteiger partial charge in [0, 0.05) is 7.05 Å². The fraction of sp³-hybridized carbons (Fsp3) is 0.500. The van der Waals surface area contributed by atoms with Crippen LogP contribution in [0.1, 0.15) is 0 Å². The molecule has 0 radical (unpaired) electrons. The third-order valence-corrected chi connectivity index (χ3v) is 7.09. The number of aliphatic hydroxyl groups excluding tert-OH is 1. The second kappa shape index (κ2) is 5.56. The Morgan fingerprint density at radius 2 is 1.81 bits per heavy atom. The second-order valence-corrected chi connectivity index (χ2v) is 9.06. The lowest BCUT2D eigenvalue weighted by atomic mass is 10.2. The van der Waals surface area contributed by atoms with E-state index in [0.29, 0.717) is 5.75 Å². The molecule has 1 aliphatic rings. The topological polar surface area (TPSA) is 101 Å². The first-order valence-electron chi connectivity index (χ1n) is 6.18. The molecular formula is C12H17NO6S2. The van der Waals surface area contributed by atoms with Gasteiger partial charge in [0.05, 0.1) is 35.7 Å². The molecule has 1 aromatic carbocycles. The summed E-state index contributed by atoms with van der Waals surface area (Å²) in [6.45, 7) is 0. The number of nitrogens with zero attached hydrogens (tertiary/aromatic N) is 1. The Kier molecular flexibility index (Phi) is 4.29. The van der Waals surface area contributed by atoms with E-state index in [-0.39, 0.29) is 10.6 Å². The number of hydrogen-bond donors (Lipinski definition) is 1. The first-order valence-corrected chi connectivity index (χ1v) is 9.44. The lowest BCUT2D eigenvalue weighted by Gasteiger charge is -2.25. The predicted octanol–water partition coefficient (Wildman–Crippen LogP) is -0.526. The molecule has 0 aromatic heterocycles. The van der Waals surface area contributed by atoms with E-state index in [1.807, 2.05) is 0 Å². The summed E-state index contributed by atoms with van der Waals surface area (Å²) < 4.78 is 53.8. The van der Waals surface area contributed by atoms with Crippen LogP contribution in [0.4, 0.5) is 0 Å². The van der Waals surface area contributed by atoms with Crippen molar-refractivity contribution in [1.29, 1.82) is 0 Å². The molecule has 118 valence electrons. The molecule has 1 heterocycles. The summed E-state index contributed by atoms with van der Waals surface area (Å²) in [5, 5.41) is 9.78. The lowest BCUT2D eigenvalue weighted by Crippen LogP contribution is -2.44. The number of sulfonamides is 1. The number of methoxy groups -OCH3 is 1. The Balaban J connectivity index is 2.30. The molecule has 0 saturated carbocycles. The maximum absolute atomic E-state index is 12.5. The fourth-order valence-electron chi connectivity index (χ4n) is 2.25. The van der Waals surface area contributed by atoms with Crippen molar-refractivity contribution in [3.63, 3.8) is 0 Å². The normalized spacial score (nSPS) is 25.1. The molecule has 0 unspecified atom stereocenters. The minimum Gasteiger partial charge on any atom is -0.497 e. The molecule has 21 heavy (non-hydrogen) atoms. The largest absolute Gasteiger partial charge is 0.497 e. The molecule has 7 nitrogen and oxygen atoms in total. The summed E-state index contributed by atoms with van der Waals surface area (Å²) in [7, 11) is -4.56. The van der Waals surface area contributed by atoms with Crippen LogP contribution in [0.25, 0.3) is 0 Å². The highest BCUT2D eigenvalue weighted by Crippen LogP contribution is 2.25. The average Bonchev–Trinajstić information content (AvgIpc) is 2.71. The first kappa shape index (κ1) is 16.2. The van der Waals surface area contributed by atoms with E-state index in [9.17, 15) is 21.9 Å². The molecule has 2 rings (SSSR count). The zero-order chi connectivity index (χ0) is 15.8. The van der Waals surface area contributed by atoms with Crippen molar-refractivity contribution in [3.8, 4) is 5.75 Å². The van der Waals surface area contributed by atoms with Crippen molar-refractivity contribution >= 4 is 19.9 Å². The van der Waals surface area contributed by atoms with Gasteiger partial charge in [-0.3, -0.25) is 0 Å². The van der Waals surface area contributed by atoms with Crippen molar-refractivity contribution in [2.24, 2.45) is 0 Å². The van der Waals surface area contributed by atoms with Crippen LogP contribution in [0, 0.1) is 0 Å². The molecule has 1 saturated heterocycles. The van der Waals surface area contributed by atoms with Crippen LogP contribution >= 0.6 is 0 Å². The Morgan fingerprint density at radius 3 is 2.24 bits per heavy atom. The maximum Gasteiger partial charge on any atom is 0.243 e. The highest BCUT2D eigenvalue weighted by molar-refractivity contribution is 7.92. The van der Waals surface area contributed by atoms with E-state index >= 15 is 0 Å². The van der Waals surface area contributed by atoms with Crippen LogP contribution in [-0.2, 0) is 19.9 Å². The molecule has 1 aromatic rings. The van der Waals surface area contributed by atoms with Crippen molar-refractivity contribution < 1.29 is 26.7 Å². The SMILES string of the molecule is COc1ccc(S(=O)(=O)N(C)[C@@H]2CS(=O)(=O)C[C@@H]2O)cc1. The van der Waals surface area contributed by atoms with Crippen LogP contribution in [-0.4, -0.2) is 64.1 Å². The molecule has 0 spiro atoms. The van der Waals surface area contributed by atoms with E-state index in [2.05, 4.69) is 0 Å². The van der Waals surface area contributed by atoms with Crippen LogP contribution < -0.4 is 4.74 Å². The molecule has 2 atom stereocenters. The standard InChI is InChI=1S/C12H17NO6S2/c1-13(11-7-20(15,16)8-12(11)14)21(17,18)10-5-3-9(19-2)4-6-10/h3-6,11-12,14H,7-8H2,1-2H3/t11-,12+/m1/s1. The third-order valence-electron chi connectivity index (χ3n) is 3.50. The summed E-state index contributed by atoms with van der Waals surface area (Å²) in [5.74, 6) is -0.278. The van der Waals surface area contributed by atoms with Crippen molar-refractivity contribution in [1.82, 2.24) is 4.31 Å². The Bertz CT molecular complexity index is 711. The third kappa shape index (κ3) is 3.20. The summed E-state index contributed by atoms with van der Waals surface area (Å²) in [5.41, 5.74) is 0. The van der Waals surface area contributed by atoms with Gasteiger partial charge >= 0.3 is 0 Å². The van der Waals surface area contributed by atoms with Crippen LogP contribution in [0.3, 0.4) is 0 Å². The Hall–Kier alpha value is -1.16. The molecule has 0 bridgehead atoms. The fourth-order valence-corrected chi connectivity index (χ4v) is 5.57. The number of benzene rings is 1. The van der Waals surface area contributed by atoms with E-state index in [1.54, 1.807) is 0 Å².